The van der Waals surface area contributed by atoms with Gasteiger partial charge in [0.1, 0.15) is 5.92 Å². The van der Waals surface area contributed by atoms with Crippen molar-refractivity contribution in [3.63, 3.8) is 0 Å². The summed E-state index contributed by atoms with van der Waals surface area (Å²) in [6.07, 6.45) is 4.14. The number of benzene rings is 3. The average molecular weight is 612 g/mol. The zero-order chi connectivity index (χ0) is 32.0. The first-order chi connectivity index (χ1) is 22.9. The fourth-order valence-corrected chi connectivity index (χ4v) is 8.57. The van der Waals surface area contributed by atoms with Crippen LogP contribution in [0.3, 0.4) is 0 Å². The van der Waals surface area contributed by atoms with Gasteiger partial charge < -0.3 is 4.42 Å². The highest BCUT2D eigenvalue weighted by atomic mass is 16.3. The number of aromatic nitrogens is 3. The molecule has 47 heavy (non-hydrogen) atoms. The van der Waals surface area contributed by atoms with Crippen LogP contribution in [0.25, 0.3) is 61.5 Å². The summed E-state index contributed by atoms with van der Waals surface area (Å²) in [5.74, 6) is 0.110. The van der Waals surface area contributed by atoms with Crippen molar-refractivity contribution in [2.45, 2.75) is 52.5 Å². The molecule has 0 spiro atoms. The lowest BCUT2D eigenvalue weighted by Crippen LogP contribution is -2.51. The second-order valence-corrected chi connectivity index (χ2v) is 13.4. The molecule has 0 fully saturated rings. The van der Waals surface area contributed by atoms with Crippen LogP contribution in [0.2, 0.25) is 0 Å². The van der Waals surface area contributed by atoms with Crippen LogP contribution < -0.4 is 9.13 Å². The van der Waals surface area contributed by atoms with E-state index in [9.17, 15) is 0 Å². The molecule has 0 aliphatic carbocycles. The minimum Gasteiger partial charge on any atom is -0.437 e. The zero-order valence-electron chi connectivity index (χ0n) is 27.3. The molecule has 4 nitrogen and oxygen atoms in total. The van der Waals surface area contributed by atoms with E-state index in [0.717, 1.165) is 51.8 Å². The molecule has 0 radical (unpaired) electrons. The molecule has 0 saturated heterocycles. The number of fused-ring (bicyclic) bond motifs is 13. The fraction of sp³-hybridized carbons (Fsp3) is 0.186. The molecule has 2 atom stereocenters. The highest BCUT2D eigenvalue weighted by Gasteiger charge is 2.46. The number of hydrogen-bond acceptors (Lipinski definition) is 2. The van der Waals surface area contributed by atoms with Gasteiger partial charge in [-0.1, -0.05) is 48.5 Å². The predicted molar refractivity (Wildman–Crippen MR) is 189 cm³/mol. The summed E-state index contributed by atoms with van der Waals surface area (Å²) in [4.78, 5) is 5.13. The number of furan rings is 1. The highest BCUT2D eigenvalue weighted by Crippen LogP contribution is 2.47. The Hall–Kier alpha value is -5.35. The van der Waals surface area contributed by atoms with Crippen LogP contribution in [-0.2, 0) is 6.42 Å². The van der Waals surface area contributed by atoms with E-state index in [0.29, 0.717) is 5.71 Å². The molecule has 0 amide bonds. The quantitative estimate of drug-likeness (QED) is 0.173. The minimum absolute atomic E-state index is 0.110. The summed E-state index contributed by atoms with van der Waals surface area (Å²) < 4.78 is 11.8. The topological polar surface area (TPSA) is 33.8 Å². The monoisotopic (exact) mass is 611 g/mol. The summed E-state index contributed by atoms with van der Waals surface area (Å²) >= 11 is 0. The molecule has 2 unspecified atom stereocenters. The number of allylic oxidation sites excluding steroid dienone is 1. The molecule has 2 aliphatic rings. The summed E-state index contributed by atoms with van der Waals surface area (Å²) in [6, 6.07) is 35.6. The average Bonchev–Trinajstić information content (AvgIpc) is 3.45. The van der Waals surface area contributed by atoms with Crippen LogP contribution in [0.1, 0.15) is 51.9 Å². The highest BCUT2D eigenvalue weighted by molar-refractivity contribution is 6.09. The Bertz CT molecular complexity index is 2430. The van der Waals surface area contributed by atoms with Crippen molar-refractivity contribution in [1.29, 1.82) is 0 Å². The predicted octanol–water partition coefficient (Wildman–Crippen LogP) is 9.55. The van der Waals surface area contributed by atoms with Crippen molar-refractivity contribution in [2.24, 2.45) is 0 Å². The molecule has 7 aromatic rings. The van der Waals surface area contributed by atoms with Crippen LogP contribution in [0, 0.1) is 27.7 Å². The molecule has 2 aliphatic heterocycles. The Balaban J connectivity index is 1.32. The molecule has 228 valence electrons. The van der Waals surface area contributed by atoms with Gasteiger partial charge in [0, 0.05) is 53.9 Å². The van der Waals surface area contributed by atoms with Gasteiger partial charge in [0.15, 0.2) is 29.2 Å². The number of nitrogens with zero attached hydrogens (tertiary/aromatic N) is 3. The smallest absolute Gasteiger partial charge is 0.227 e. The first-order valence-electron chi connectivity index (χ1n) is 16.6. The van der Waals surface area contributed by atoms with E-state index in [4.69, 9.17) is 16.0 Å². The molecule has 0 N–H and O–H groups in total. The summed E-state index contributed by atoms with van der Waals surface area (Å²) in [5.41, 5.74) is 17.0. The fourth-order valence-electron chi connectivity index (χ4n) is 8.57. The Morgan fingerprint density at radius 2 is 1.55 bits per heavy atom. The van der Waals surface area contributed by atoms with Crippen LogP contribution in [0.5, 0.6) is 0 Å². The van der Waals surface area contributed by atoms with Crippen molar-refractivity contribution in [2.75, 3.05) is 0 Å². The molecular formula is C43H37N3O+2. The third-order valence-corrected chi connectivity index (χ3v) is 10.5. The van der Waals surface area contributed by atoms with Crippen LogP contribution in [-0.4, -0.2) is 4.98 Å². The number of pyridine rings is 3. The van der Waals surface area contributed by atoms with E-state index < -0.39 is 0 Å². The third-order valence-electron chi connectivity index (χ3n) is 10.5. The van der Waals surface area contributed by atoms with Crippen molar-refractivity contribution in [3.05, 3.63) is 143 Å². The van der Waals surface area contributed by atoms with E-state index in [-0.39, 0.29) is 12.0 Å². The molecule has 4 aromatic heterocycles. The van der Waals surface area contributed by atoms with E-state index in [2.05, 4.69) is 140 Å². The molecular weight excluding hydrogens is 574 g/mol. The largest absolute Gasteiger partial charge is 0.437 e. The molecule has 9 rings (SSSR count). The Morgan fingerprint density at radius 3 is 2.40 bits per heavy atom. The van der Waals surface area contributed by atoms with Gasteiger partial charge in [0.25, 0.3) is 0 Å². The summed E-state index contributed by atoms with van der Waals surface area (Å²) in [5, 5.41) is 2.14. The third kappa shape index (κ3) is 4.10. The van der Waals surface area contributed by atoms with Crippen molar-refractivity contribution < 1.29 is 13.6 Å². The second kappa shape index (κ2) is 10.3. The maximum absolute atomic E-state index is 6.87. The summed E-state index contributed by atoms with van der Waals surface area (Å²) in [6.45, 7) is 13.6. The van der Waals surface area contributed by atoms with Gasteiger partial charge >= 0.3 is 0 Å². The van der Waals surface area contributed by atoms with Gasteiger partial charge in [-0.25, -0.2) is 4.98 Å². The Labute approximate surface area is 275 Å². The van der Waals surface area contributed by atoms with Gasteiger partial charge in [-0.05, 0) is 85.9 Å². The Morgan fingerprint density at radius 1 is 0.766 bits per heavy atom. The lowest BCUT2D eigenvalue weighted by Gasteiger charge is -2.29. The SMILES string of the molecule is C=C1C2c3ccccc3-c3cccc[n+]3C2CCc2ccc3c(oc4nc(-c5c(C)cccc5C)ccc43)c2-c2cc(C)cc(C)[n+]21. The van der Waals surface area contributed by atoms with E-state index in [1.807, 2.05) is 0 Å². The normalized spacial score (nSPS) is 16.8. The summed E-state index contributed by atoms with van der Waals surface area (Å²) in [7, 11) is 0. The van der Waals surface area contributed by atoms with Crippen molar-refractivity contribution >= 4 is 27.8 Å². The van der Waals surface area contributed by atoms with Gasteiger partial charge in [-0.3, -0.25) is 0 Å². The number of aryl methyl sites for hydroxylation is 5. The van der Waals surface area contributed by atoms with Crippen LogP contribution in [0.4, 0.5) is 0 Å². The van der Waals surface area contributed by atoms with E-state index >= 15 is 0 Å². The lowest BCUT2D eigenvalue weighted by molar-refractivity contribution is -0.720. The number of hydrogen-bond donors (Lipinski definition) is 0. The van der Waals surface area contributed by atoms with Crippen molar-refractivity contribution in [1.82, 2.24) is 4.98 Å². The van der Waals surface area contributed by atoms with E-state index in [1.165, 1.54) is 50.3 Å². The maximum atomic E-state index is 6.87. The molecule has 4 heteroatoms. The van der Waals surface area contributed by atoms with Crippen LogP contribution in [0.15, 0.2) is 114 Å². The lowest BCUT2D eigenvalue weighted by atomic mass is 9.79. The Kier molecular flexibility index (Phi) is 6.14. The molecule has 0 bridgehead atoms. The first kappa shape index (κ1) is 27.9. The first-order valence-corrected chi connectivity index (χ1v) is 16.6. The standard InChI is InChI=1S/C43H37N3O/c1-25-23-28(4)46-29(5)40-32-14-7-6-13-31(32)36-15-8-9-22-45(36)37(40)21-17-30-16-18-33-34-19-20-35(39-26(2)11-10-12-27(39)3)44-43(34)47-42(33)41(30)38(46)24-25/h6-16,18-20,22-24,37,40H,5,17,21H2,1-4H3/q+2. The number of rotatable bonds is 1. The molecule has 0 saturated carbocycles. The van der Waals surface area contributed by atoms with Gasteiger partial charge in [-0.15, -0.1) is 0 Å². The maximum Gasteiger partial charge on any atom is 0.227 e. The van der Waals surface area contributed by atoms with Gasteiger partial charge in [0.2, 0.25) is 17.1 Å². The molecule has 6 heterocycles. The zero-order valence-corrected chi connectivity index (χ0v) is 27.3. The van der Waals surface area contributed by atoms with Gasteiger partial charge in [0.05, 0.1) is 16.8 Å². The van der Waals surface area contributed by atoms with Crippen molar-refractivity contribution in [3.8, 4) is 33.8 Å². The van der Waals surface area contributed by atoms with E-state index in [1.54, 1.807) is 0 Å². The van der Waals surface area contributed by atoms with Crippen LogP contribution >= 0.6 is 0 Å². The minimum atomic E-state index is 0.110. The second-order valence-electron chi connectivity index (χ2n) is 13.4. The molecule has 3 aromatic carbocycles. The van der Waals surface area contributed by atoms with Gasteiger partial charge in [-0.2, -0.15) is 9.13 Å².